The molecule has 6 heteroatoms. The van der Waals surface area contributed by atoms with E-state index in [0.717, 1.165) is 6.07 Å². The van der Waals surface area contributed by atoms with Crippen LogP contribution in [-0.2, 0) is 5.60 Å². The number of rotatable bonds is 1. The van der Waals surface area contributed by atoms with Crippen molar-refractivity contribution in [2.45, 2.75) is 11.8 Å². The first-order valence-corrected chi connectivity index (χ1v) is 6.56. The average molecular weight is 307 g/mol. The molecule has 0 heterocycles. The lowest BCUT2D eigenvalue weighted by atomic mass is 9.90. The standard InChI is InChI=1S/C16H12F3NO2/c1-20-14(21)9-6-7-11-10-4-2-3-5-12(10)15(22,13(11)8-9)16(17,18)19/h2-8,22H,1H3,(H,20,21). The van der Waals surface area contributed by atoms with Gasteiger partial charge in [-0.05, 0) is 23.3 Å². The predicted octanol–water partition coefficient (Wildman–Crippen LogP) is 2.82. The number of hydrogen-bond acceptors (Lipinski definition) is 2. The van der Waals surface area contributed by atoms with Crippen LogP contribution in [0.4, 0.5) is 13.2 Å². The van der Waals surface area contributed by atoms with Crippen LogP contribution in [0.5, 0.6) is 0 Å². The fourth-order valence-corrected chi connectivity index (χ4v) is 2.85. The van der Waals surface area contributed by atoms with Gasteiger partial charge in [0.1, 0.15) is 0 Å². The molecule has 1 amide bonds. The summed E-state index contributed by atoms with van der Waals surface area (Å²) in [6.07, 6.45) is -4.89. The lowest BCUT2D eigenvalue weighted by Gasteiger charge is -2.28. The summed E-state index contributed by atoms with van der Waals surface area (Å²) in [5, 5.41) is 12.8. The van der Waals surface area contributed by atoms with Gasteiger partial charge in [0.2, 0.25) is 5.60 Å². The van der Waals surface area contributed by atoms with Crippen molar-refractivity contribution in [1.29, 1.82) is 0 Å². The van der Waals surface area contributed by atoms with Gasteiger partial charge in [0.15, 0.2) is 0 Å². The Morgan fingerprint density at radius 2 is 1.73 bits per heavy atom. The van der Waals surface area contributed by atoms with Crippen LogP contribution in [0.3, 0.4) is 0 Å². The summed E-state index contributed by atoms with van der Waals surface area (Å²) < 4.78 is 40.7. The van der Waals surface area contributed by atoms with Gasteiger partial charge < -0.3 is 10.4 Å². The van der Waals surface area contributed by atoms with Crippen LogP contribution in [0.2, 0.25) is 0 Å². The van der Waals surface area contributed by atoms with Crippen LogP contribution in [0, 0.1) is 0 Å². The number of aliphatic hydroxyl groups is 1. The molecule has 2 N–H and O–H groups in total. The van der Waals surface area contributed by atoms with Crippen molar-refractivity contribution >= 4 is 5.91 Å². The van der Waals surface area contributed by atoms with Crippen LogP contribution < -0.4 is 5.32 Å². The topological polar surface area (TPSA) is 49.3 Å². The fourth-order valence-electron chi connectivity index (χ4n) is 2.85. The fraction of sp³-hybridized carbons (Fsp3) is 0.188. The molecule has 0 radical (unpaired) electrons. The SMILES string of the molecule is CNC(=O)c1ccc2c(c1)C(O)(C(F)(F)F)c1ccccc1-2. The van der Waals surface area contributed by atoms with Crippen molar-refractivity contribution in [1.82, 2.24) is 5.32 Å². The van der Waals surface area contributed by atoms with E-state index >= 15 is 0 Å². The van der Waals surface area contributed by atoms with Gasteiger partial charge in [0.05, 0.1) is 0 Å². The number of amides is 1. The number of benzene rings is 2. The highest BCUT2D eigenvalue weighted by molar-refractivity contribution is 5.96. The molecule has 3 rings (SSSR count). The summed E-state index contributed by atoms with van der Waals surface area (Å²) >= 11 is 0. The molecule has 0 spiro atoms. The van der Waals surface area contributed by atoms with E-state index in [0.29, 0.717) is 5.56 Å². The Hall–Kier alpha value is -2.34. The third-order valence-electron chi connectivity index (χ3n) is 3.92. The van der Waals surface area contributed by atoms with E-state index in [2.05, 4.69) is 5.32 Å². The quantitative estimate of drug-likeness (QED) is 0.851. The molecular weight excluding hydrogens is 295 g/mol. The van der Waals surface area contributed by atoms with Crippen LogP contribution in [0.1, 0.15) is 21.5 Å². The van der Waals surface area contributed by atoms with Gasteiger partial charge in [0.25, 0.3) is 5.91 Å². The number of halogens is 3. The summed E-state index contributed by atoms with van der Waals surface area (Å²) in [5.74, 6) is -0.511. The van der Waals surface area contributed by atoms with Crippen molar-refractivity contribution in [3.63, 3.8) is 0 Å². The van der Waals surface area contributed by atoms with Crippen molar-refractivity contribution in [3.8, 4) is 11.1 Å². The first-order chi connectivity index (χ1) is 10.3. The van der Waals surface area contributed by atoms with Crippen LogP contribution in [0.25, 0.3) is 11.1 Å². The van der Waals surface area contributed by atoms with E-state index in [-0.39, 0.29) is 22.3 Å². The first kappa shape index (κ1) is 14.6. The molecule has 0 bridgehead atoms. The van der Waals surface area contributed by atoms with Gasteiger partial charge in [-0.3, -0.25) is 4.79 Å². The second-order valence-electron chi connectivity index (χ2n) is 5.09. The van der Waals surface area contributed by atoms with Crippen molar-refractivity contribution in [3.05, 3.63) is 59.2 Å². The van der Waals surface area contributed by atoms with E-state index in [1.54, 1.807) is 6.07 Å². The van der Waals surface area contributed by atoms with Gasteiger partial charge in [-0.1, -0.05) is 30.3 Å². The minimum absolute atomic E-state index is 0.0664. The Labute approximate surface area is 124 Å². The third kappa shape index (κ3) is 1.77. The highest BCUT2D eigenvalue weighted by atomic mass is 19.4. The maximum absolute atomic E-state index is 13.6. The number of hydrogen-bond donors (Lipinski definition) is 2. The molecule has 1 aliphatic carbocycles. The molecule has 0 aliphatic heterocycles. The molecule has 22 heavy (non-hydrogen) atoms. The summed E-state index contributed by atoms with van der Waals surface area (Å²) in [4.78, 5) is 11.7. The minimum Gasteiger partial charge on any atom is -0.372 e. The molecule has 0 saturated carbocycles. The van der Waals surface area contributed by atoms with E-state index in [9.17, 15) is 23.1 Å². The molecule has 1 unspecified atom stereocenters. The lowest BCUT2D eigenvalue weighted by molar-refractivity contribution is -0.246. The Morgan fingerprint density at radius 1 is 1.09 bits per heavy atom. The molecule has 114 valence electrons. The third-order valence-corrected chi connectivity index (χ3v) is 3.92. The Bertz CT molecular complexity index is 770. The molecular formula is C16H12F3NO2. The van der Waals surface area contributed by atoms with Crippen LogP contribution in [0.15, 0.2) is 42.5 Å². The monoisotopic (exact) mass is 307 g/mol. The highest BCUT2D eigenvalue weighted by Gasteiger charge is 2.60. The number of alkyl halides is 3. The molecule has 2 aromatic rings. The zero-order chi connectivity index (χ0) is 16.1. The summed E-state index contributed by atoms with van der Waals surface area (Å²) in [6, 6.07) is 9.80. The van der Waals surface area contributed by atoms with Crippen LogP contribution >= 0.6 is 0 Å². The minimum atomic E-state index is -4.89. The molecule has 3 nitrogen and oxygen atoms in total. The zero-order valence-electron chi connectivity index (χ0n) is 11.5. The highest BCUT2D eigenvalue weighted by Crippen LogP contribution is 2.54. The normalized spacial score (nSPS) is 19.5. The average Bonchev–Trinajstić information content (AvgIpc) is 2.77. The smallest absolute Gasteiger partial charge is 0.372 e. The Kier molecular flexibility index (Phi) is 3.04. The van der Waals surface area contributed by atoms with E-state index in [1.165, 1.54) is 37.4 Å². The maximum atomic E-state index is 13.6. The number of nitrogens with one attached hydrogen (secondary N) is 1. The van der Waals surface area contributed by atoms with Crippen LogP contribution in [-0.4, -0.2) is 24.2 Å². The van der Waals surface area contributed by atoms with Gasteiger partial charge in [-0.2, -0.15) is 13.2 Å². The maximum Gasteiger partial charge on any atom is 0.425 e. The largest absolute Gasteiger partial charge is 0.425 e. The second kappa shape index (κ2) is 4.58. The van der Waals surface area contributed by atoms with Crippen molar-refractivity contribution in [2.24, 2.45) is 0 Å². The number of carbonyl (C=O) groups is 1. The number of fused-ring (bicyclic) bond motifs is 3. The van der Waals surface area contributed by atoms with Crippen molar-refractivity contribution in [2.75, 3.05) is 7.05 Å². The van der Waals surface area contributed by atoms with Gasteiger partial charge in [-0.25, -0.2) is 0 Å². The second-order valence-corrected chi connectivity index (χ2v) is 5.09. The van der Waals surface area contributed by atoms with Gasteiger partial charge >= 0.3 is 6.18 Å². The molecule has 0 aromatic heterocycles. The van der Waals surface area contributed by atoms with Gasteiger partial charge in [0, 0.05) is 23.7 Å². The molecule has 1 aliphatic rings. The first-order valence-electron chi connectivity index (χ1n) is 6.56. The molecule has 0 saturated heterocycles. The number of carbonyl (C=O) groups excluding carboxylic acids is 1. The van der Waals surface area contributed by atoms with E-state index in [4.69, 9.17) is 0 Å². The summed E-state index contributed by atoms with van der Waals surface area (Å²) in [7, 11) is 1.39. The van der Waals surface area contributed by atoms with E-state index in [1.807, 2.05) is 0 Å². The van der Waals surface area contributed by atoms with Gasteiger partial charge in [-0.15, -0.1) is 0 Å². The Balaban J connectivity index is 2.33. The zero-order valence-corrected chi connectivity index (χ0v) is 11.5. The lowest BCUT2D eigenvalue weighted by Crippen LogP contribution is -2.41. The summed E-state index contributed by atoms with van der Waals surface area (Å²) in [5.41, 5.74) is -2.97. The Morgan fingerprint density at radius 3 is 2.36 bits per heavy atom. The molecule has 1 atom stereocenters. The molecule has 0 fully saturated rings. The van der Waals surface area contributed by atoms with Crippen molar-refractivity contribution < 1.29 is 23.1 Å². The predicted molar refractivity (Wildman–Crippen MR) is 74.3 cm³/mol. The summed E-state index contributed by atoms with van der Waals surface area (Å²) in [6.45, 7) is 0. The van der Waals surface area contributed by atoms with E-state index < -0.39 is 17.7 Å². The molecule has 2 aromatic carbocycles.